The maximum absolute atomic E-state index is 2.21. The first-order valence-corrected chi connectivity index (χ1v) is 11.6. The minimum Gasteiger partial charge on any atom is -1.00 e. The van der Waals surface area contributed by atoms with Gasteiger partial charge in [-0.15, -0.1) is 0 Å². The zero-order chi connectivity index (χ0) is 21.7. The minimum atomic E-state index is 0. The lowest BCUT2D eigenvalue weighted by atomic mass is 10.3. The van der Waals surface area contributed by atoms with E-state index in [1.54, 1.807) is 0 Å². The van der Waals surface area contributed by atoms with Gasteiger partial charge in [-0.05, 0) is 0 Å². The van der Waals surface area contributed by atoms with E-state index in [9.17, 15) is 0 Å². The highest BCUT2D eigenvalue weighted by Crippen LogP contribution is 1.87. The molecule has 3 heterocycles. The zero-order valence-corrected chi connectivity index (χ0v) is 22.8. The topological polar surface area (TPSA) is 11.6 Å². The van der Waals surface area contributed by atoms with E-state index in [0.717, 1.165) is 19.6 Å². The van der Waals surface area contributed by atoms with E-state index in [0.29, 0.717) is 0 Å². The van der Waals surface area contributed by atoms with Gasteiger partial charge in [0.1, 0.15) is 19.6 Å². The molecule has 0 N–H and O–H groups in total. The Bertz CT molecular complexity index is 626. The lowest BCUT2D eigenvalue weighted by Gasteiger charge is -1.91. The Balaban J connectivity index is -0.000000391. The Morgan fingerprint density at radius 1 is 0.364 bits per heavy atom. The molecule has 0 spiro atoms. The van der Waals surface area contributed by atoms with E-state index >= 15 is 0 Å². The molecule has 6 heteroatoms. The van der Waals surface area contributed by atoms with Gasteiger partial charge in [-0.25, -0.2) is 13.7 Å². The third-order valence-electron chi connectivity index (χ3n) is 4.64. The van der Waals surface area contributed by atoms with Crippen LogP contribution in [0.2, 0.25) is 0 Å². The monoisotopic (exact) mass is 513 g/mol. The number of nitrogens with zero attached hydrogens (tertiary/aromatic N) is 3. The molecule has 0 radical (unpaired) electrons. The summed E-state index contributed by atoms with van der Waals surface area (Å²) in [5, 5.41) is 0. The first-order chi connectivity index (χ1) is 14.8. The van der Waals surface area contributed by atoms with Gasteiger partial charge in [0.2, 0.25) is 0 Å². The molecule has 0 unspecified atom stereocenters. The molecule has 3 nitrogen and oxygen atoms in total. The van der Waals surface area contributed by atoms with Crippen LogP contribution in [0.3, 0.4) is 0 Å². The Hall–Kier alpha value is -1.68. The summed E-state index contributed by atoms with van der Waals surface area (Å²) in [4.78, 5) is 0. The highest BCUT2D eigenvalue weighted by molar-refractivity contribution is 4.84. The molecule has 0 bridgehead atoms. The van der Waals surface area contributed by atoms with Crippen molar-refractivity contribution in [2.75, 3.05) is 0 Å². The number of pyridine rings is 3. The Morgan fingerprint density at radius 3 is 0.758 bits per heavy atom. The van der Waals surface area contributed by atoms with E-state index in [1.807, 2.05) is 18.2 Å². The number of aryl methyl sites for hydroxylation is 3. The number of halogens is 3. The van der Waals surface area contributed by atoms with Crippen LogP contribution in [0.25, 0.3) is 0 Å². The van der Waals surface area contributed by atoms with Crippen molar-refractivity contribution in [3.8, 4) is 0 Å². The van der Waals surface area contributed by atoms with Gasteiger partial charge in [0.25, 0.3) is 0 Å². The summed E-state index contributed by atoms with van der Waals surface area (Å²) >= 11 is 0. The van der Waals surface area contributed by atoms with E-state index in [-0.39, 0.29) is 37.2 Å². The lowest BCUT2D eigenvalue weighted by molar-refractivity contribution is -0.697. The van der Waals surface area contributed by atoms with Gasteiger partial charge in [-0.2, -0.15) is 0 Å². The van der Waals surface area contributed by atoms with E-state index < -0.39 is 0 Å². The average Bonchev–Trinajstić information content (AvgIpc) is 2.83. The molecule has 33 heavy (non-hydrogen) atoms. The van der Waals surface area contributed by atoms with Gasteiger partial charge in [-0.1, -0.05) is 58.2 Å². The van der Waals surface area contributed by atoms with Gasteiger partial charge in [0.05, 0.1) is 0 Å². The molecule has 186 valence electrons. The summed E-state index contributed by atoms with van der Waals surface area (Å²) in [6.07, 6.45) is 20.3. The zero-order valence-electron chi connectivity index (χ0n) is 20.5. The highest BCUT2D eigenvalue weighted by atomic mass is 35.5. The van der Waals surface area contributed by atoms with Crippen LogP contribution in [0.1, 0.15) is 59.3 Å². The molecule has 0 aliphatic heterocycles. The molecule has 0 saturated heterocycles. The predicted molar refractivity (Wildman–Crippen MR) is 125 cm³/mol. The lowest BCUT2D eigenvalue weighted by Crippen LogP contribution is -3.00. The molecule has 0 fully saturated rings. The first-order valence-electron chi connectivity index (χ1n) is 11.6. The van der Waals surface area contributed by atoms with Crippen LogP contribution in [-0.4, -0.2) is 0 Å². The van der Waals surface area contributed by atoms with Crippen LogP contribution in [0.15, 0.2) is 91.8 Å². The fourth-order valence-corrected chi connectivity index (χ4v) is 2.77. The largest absolute Gasteiger partial charge is 1.00 e. The molecule has 3 aromatic heterocycles. The second kappa shape index (κ2) is 26.6. The van der Waals surface area contributed by atoms with Gasteiger partial charge in [0.15, 0.2) is 37.2 Å². The fraction of sp³-hybridized carbons (Fsp3) is 0.444. The molecule has 0 amide bonds. The third kappa shape index (κ3) is 20.6. The van der Waals surface area contributed by atoms with Crippen LogP contribution >= 0.6 is 0 Å². The molecular formula is C27H42Cl3N3. The molecule has 0 aliphatic carbocycles. The van der Waals surface area contributed by atoms with Crippen LogP contribution in [-0.2, 0) is 19.6 Å². The summed E-state index contributed by atoms with van der Waals surface area (Å²) in [5.74, 6) is 0. The molecule has 0 atom stereocenters. The van der Waals surface area contributed by atoms with Crippen molar-refractivity contribution in [1.29, 1.82) is 0 Å². The summed E-state index contributed by atoms with van der Waals surface area (Å²) < 4.78 is 6.64. The van der Waals surface area contributed by atoms with Gasteiger partial charge in [0, 0.05) is 55.7 Å². The number of aromatic nitrogens is 3. The van der Waals surface area contributed by atoms with Crippen molar-refractivity contribution in [1.82, 2.24) is 0 Å². The SMILES string of the molecule is CCCC[n+]1ccccc1.CCCC[n+]1ccccc1.CCCC[n+]1ccccc1.[Cl-].[Cl-].[Cl-]. The maximum Gasteiger partial charge on any atom is 0.168 e. The van der Waals surface area contributed by atoms with E-state index in [4.69, 9.17) is 0 Å². The smallest absolute Gasteiger partial charge is 0.168 e. The number of unbranched alkanes of at least 4 members (excludes halogenated alkanes) is 3. The van der Waals surface area contributed by atoms with Gasteiger partial charge in [-0.3, -0.25) is 0 Å². The molecule has 0 aromatic carbocycles. The van der Waals surface area contributed by atoms with Crippen molar-refractivity contribution < 1.29 is 50.9 Å². The maximum atomic E-state index is 2.21. The van der Waals surface area contributed by atoms with Crippen molar-refractivity contribution in [2.24, 2.45) is 0 Å². The van der Waals surface area contributed by atoms with Gasteiger partial charge >= 0.3 is 0 Å². The number of hydrogen-bond acceptors (Lipinski definition) is 0. The molecule has 0 saturated carbocycles. The van der Waals surface area contributed by atoms with Crippen LogP contribution in [0.5, 0.6) is 0 Å². The quantitative estimate of drug-likeness (QED) is 0.261. The van der Waals surface area contributed by atoms with Crippen molar-refractivity contribution >= 4 is 0 Å². The Kier molecular flexibility index (Phi) is 28.9. The molecular weight excluding hydrogens is 473 g/mol. The van der Waals surface area contributed by atoms with Crippen LogP contribution in [0, 0.1) is 0 Å². The Morgan fingerprint density at radius 2 is 0.576 bits per heavy atom. The molecule has 3 rings (SSSR count). The van der Waals surface area contributed by atoms with Gasteiger partial charge < -0.3 is 37.2 Å². The van der Waals surface area contributed by atoms with Crippen molar-refractivity contribution in [2.45, 2.75) is 78.9 Å². The third-order valence-corrected chi connectivity index (χ3v) is 4.64. The number of rotatable bonds is 9. The number of hydrogen-bond donors (Lipinski definition) is 0. The standard InChI is InChI=1S/3C9H14N.3ClH/c3*1-2-3-7-10-8-5-4-6-9-10;;;/h3*4-6,8-9H,2-3,7H2,1H3;3*1H/q3*+1;;;/p-3. The summed E-state index contributed by atoms with van der Waals surface area (Å²) in [6, 6.07) is 18.5. The van der Waals surface area contributed by atoms with E-state index in [1.165, 1.54) is 38.5 Å². The Labute approximate surface area is 221 Å². The fourth-order valence-electron chi connectivity index (χ4n) is 2.77. The second-order valence-corrected chi connectivity index (χ2v) is 7.40. The molecule has 3 aromatic rings. The van der Waals surface area contributed by atoms with E-state index in [2.05, 4.69) is 108 Å². The van der Waals surface area contributed by atoms with Crippen LogP contribution in [0.4, 0.5) is 0 Å². The summed E-state index contributed by atoms with van der Waals surface area (Å²) in [5.41, 5.74) is 0. The first kappa shape index (κ1) is 35.9. The van der Waals surface area contributed by atoms with Crippen molar-refractivity contribution in [3.05, 3.63) is 91.8 Å². The van der Waals surface area contributed by atoms with Crippen LogP contribution < -0.4 is 50.9 Å². The second-order valence-electron chi connectivity index (χ2n) is 7.40. The minimum absolute atomic E-state index is 0. The summed E-state index contributed by atoms with van der Waals surface area (Å²) in [6.45, 7) is 10.1. The van der Waals surface area contributed by atoms with Crippen molar-refractivity contribution in [3.63, 3.8) is 0 Å². The predicted octanol–water partition coefficient (Wildman–Crippen LogP) is -3.67. The normalized spacial score (nSPS) is 8.82. The highest BCUT2D eigenvalue weighted by Gasteiger charge is 1.95. The molecule has 0 aliphatic rings. The average molecular weight is 515 g/mol. The summed E-state index contributed by atoms with van der Waals surface area (Å²) in [7, 11) is 0.